The highest BCUT2D eigenvalue weighted by atomic mass is 35.5. The van der Waals surface area contributed by atoms with Crippen LogP contribution < -0.4 is 9.47 Å². The minimum Gasteiger partial charge on any atom is -0.493 e. The first-order valence-corrected chi connectivity index (χ1v) is 10.6. The summed E-state index contributed by atoms with van der Waals surface area (Å²) in [4.78, 5) is 43.3. The minimum absolute atomic E-state index is 0.0948. The number of halogens is 1. The fraction of sp³-hybridized carbons (Fsp3) is 0.333. The van der Waals surface area contributed by atoms with Crippen LogP contribution in [0.5, 0.6) is 11.5 Å². The lowest BCUT2D eigenvalue weighted by Gasteiger charge is -2.08. The Bertz CT molecular complexity index is 882. The van der Waals surface area contributed by atoms with Crippen molar-refractivity contribution >= 4 is 35.4 Å². The fourth-order valence-corrected chi connectivity index (χ4v) is 2.66. The molecule has 0 fully saturated rings. The third kappa shape index (κ3) is 10.1. The summed E-state index contributed by atoms with van der Waals surface area (Å²) in [6.07, 6.45) is 2.69. The molecule has 2 aromatic rings. The van der Waals surface area contributed by atoms with Crippen LogP contribution in [-0.2, 0) is 9.47 Å². The Morgan fingerprint density at radius 3 is 1.62 bits per heavy atom. The predicted octanol–water partition coefficient (Wildman–Crippen LogP) is 3.91. The van der Waals surface area contributed by atoms with Gasteiger partial charge in [0.15, 0.2) is 12.6 Å². The van der Waals surface area contributed by atoms with Crippen LogP contribution in [0.3, 0.4) is 0 Å². The molecule has 0 radical (unpaired) electrons. The second-order valence-corrected chi connectivity index (χ2v) is 7.05. The largest absolute Gasteiger partial charge is 0.493 e. The van der Waals surface area contributed by atoms with Gasteiger partial charge in [0.25, 0.3) is 5.24 Å². The molecule has 34 heavy (non-hydrogen) atoms. The number of aromatic carboxylic acids is 1. The lowest BCUT2D eigenvalue weighted by atomic mass is 10.1. The van der Waals surface area contributed by atoms with Gasteiger partial charge >= 0.3 is 5.97 Å². The summed E-state index contributed by atoms with van der Waals surface area (Å²) < 4.78 is 20.5. The van der Waals surface area contributed by atoms with E-state index in [2.05, 4.69) is 0 Å². The van der Waals surface area contributed by atoms with Gasteiger partial charge in [-0.3, -0.25) is 14.4 Å². The van der Waals surface area contributed by atoms with Crippen molar-refractivity contribution in [2.24, 2.45) is 0 Å². The predicted molar refractivity (Wildman–Crippen MR) is 125 cm³/mol. The summed E-state index contributed by atoms with van der Waals surface area (Å²) in [5, 5.41) is 8.24. The SMILES string of the molecule is COCCCOc1cc(C(=O)Cl)ccc1C=O.COCCCOc1cc(C(=O)O)ccc1C=O. The smallest absolute Gasteiger partial charge is 0.335 e. The highest BCUT2D eigenvalue weighted by Gasteiger charge is 2.10. The molecule has 10 heteroatoms. The Morgan fingerprint density at radius 2 is 1.24 bits per heavy atom. The van der Waals surface area contributed by atoms with E-state index in [1.165, 1.54) is 36.4 Å². The van der Waals surface area contributed by atoms with Crippen LogP contribution >= 0.6 is 11.6 Å². The number of carboxylic acid groups (broad SMARTS) is 1. The molecule has 184 valence electrons. The fourth-order valence-electron chi connectivity index (χ4n) is 2.54. The van der Waals surface area contributed by atoms with E-state index >= 15 is 0 Å². The van der Waals surface area contributed by atoms with Gasteiger partial charge in [0.1, 0.15) is 11.5 Å². The molecular weight excluding hydrogens is 468 g/mol. The van der Waals surface area contributed by atoms with Crippen molar-refractivity contribution in [2.45, 2.75) is 12.8 Å². The zero-order chi connectivity index (χ0) is 25.3. The van der Waals surface area contributed by atoms with Crippen molar-refractivity contribution in [1.29, 1.82) is 0 Å². The van der Waals surface area contributed by atoms with Gasteiger partial charge in [-0.15, -0.1) is 0 Å². The first-order chi connectivity index (χ1) is 16.4. The number of hydrogen-bond donors (Lipinski definition) is 1. The van der Waals surface area contributed by atoms with Crippen LogP contribution in [0.15, 0.2) is 36.4 Å². The number of carbonyl (C=O) groups is 4. The lowest BCUT2D eigenvalue weighted by Crippen LogP contribution is -2.05. The number of methoxy groups -OCH3 is 2. The van der Waals surface area contributed by atoms with Gasteiger partial charge in [0.2, 0.25) is 0 Å². The second-order valence-electron chi connectivity index (χ2n) is 6.71. The topological polar surface area (TPSA) is 125 Å². The van der Waals surface area contributed by atoms with Gasteiger partial charge in [-0.05, 0) is 48.0 Å². The van der Waals surface area contributed by atoms with E-state index in [9.17, 15) is 19.2 Å². The van der Waals surface area contributed by atoms with Crippen molar-refractivity contribution in [3.8, 4) is 11.5 Å². The lowest BCUT2D eigenvalue weighted by molar-refractivity contribution is 0.0695. The third-order valence-corrected chi connectivity index (χ3v) is 4.47. The van der Waals surface area contributed by atoms with E-state index in [1.54, 1.807) is 14.2 Å². The van der Waals surface area contributed by atoms with E-state index in [4.69, 9.17) is 35.7 Å². The van der Waals surface area contributed by atoms with E-state index in [0.29, 0.717) is 74.3 Å². The molecule has 0 spiro atoms. The number of rotatable bonds is 14. The summed E-state index contributed by atoms with van der Waals surface area (Å²) in [6.45, 7) is 1.91. The third-order valence-electron chi connectivity index (χ3n) is 4.26. The molecule has 0 bridgehead atoms. The Kier molecular flexibility index (Phi) is 13.8. The number of benzene rings is 2. The molecule has 0 aliphatic carbocycles. The molecule has 0 heterocycles. The second kappa shape index (κ2) is 16.4. The first kappa shape index (κ1) is 28.8. The maximum Gasteiger partial charge on any atom is 0.335 e. The molecule has 0 aliphatic heterocycles. The molecule has 0 amide bonds. The van der Waals surface area contributed by atoms with Crippen molar-refractivity contribution in [2.75, 3.05) is 40.6 Å². The summed E-state index contributed by atoms with van der Waals surface area (Å²) in [6, 6.07) is 8.61. The van der Waals surface area contributed by atoms with E-state index in [1.807, 2.05) is 0 Å². The normalized spacial score (nSPS) is 9.97. The molecule has 0 atom stereocenters. The van der Waals surface area contributed by atoms with Crippen LogP contribution in [0.1, 0.15) is 54.3 Å². The number of ether oxygens (including phenoxy) is 4. The molecule has 9 nitrogen and oxygen atoms in total. The van der Waals surface area contributed by atoms with Gasteiger partial charge < -0.3 is 24.1 Å². The zero-order valence-electron chi connectivity index (χ0n) is 19.0. The number of carboxylic acids is 1. The maximum absolute atomic E-state index is 11.0. The molecule has 0 aliphatic rings. The Balaban J connectivity index is 0.000000340. The quantitative estimate of drug-likeness (QED) is 0.236. The summed E-state index contributed by atoms with van der Waals surface area (Å²) in [5.74, 6) is -0.400. The van der Waals surface area contributed by atoms with Crippen LogP contribution in [0.4, 0.5) is 0 Å². The van der Waals surface area contributed by atoms with Crippen LogP contribution in [0, 0.1) is 0 Å². The van der Waals surface area contributed by atoms with Crippen LogP contribution in [-0.4, -0.2) is 69.5 Å². The zero-order valence-corrected chi connectivity index (χ0v) is 19.7. The summed E-state index contributed by atoms with van der Waals surface area (Å²) in [5.41, 5.74) is 1.13. The minimum atomic E-state index is -1.05. The molecule has 0 aromatic heterocycles. The highest BCUT2D eigenvalue weighted by molar-refractivity contribution is 6.67. The number of aldehydes is 2. The Hall–Kier alpha value is -3.27. The van der Waals surface area contributed by atoms with Gasteiger partial charge in [0.05, 0.1) is 29.9 Å². The maximum atomic E-state index is 11.0. The van der Waals surface area contributed by atoms with E-state index in [0.717, 1.165) is 0 Å². The van der Waals surface area contributed by atoms with Crippen LogP contribution in [0.25, 0.3) is 0 Å². The molecule has 2 aromatic carbocycles. The Morgan fingerprint density at radius 1 is 0.794 bits per heavy atom. The molecular formula is C24H27ClO9. The van der Waals surface area contributed by atoms with Gasteiger partial charge in [-0.1, -0.05) is 0 Å². The van der Waals surface area contributed by atoms with Crippen molar-refractivity contribution in [3.63, 3.8) is 0 Å². The van der Waals surface area contributed by atoms with E-state index in [-0.39, 0.29) is 11.3 Å². The number of hydrogen-bond acceptors (Lipinski definition) is 8. The summed E-state index contributed by atoms with van der Waals surface area (Å²) >= 11 is 5.35. The van der Waals surface area contributed by atoms with Crippen LogP contribution in [0.2, 0.25) is 0 Å². The van der Waals surface area contributed by atoms with Crippen molar-refractivity contribution in [1.82, 2.24) is 0 Å². The standard InChI is InChI=1S/C12H13ClO4.C12H14O5/c1-16-5-2-6-17-11-7-9(12(13)15)3-4-10(11)8-14;1-16-5-2-6-17-11-7-9(12(14)15)3-4-10(11)8-13/h3-4,7-8H,2,5-6H2,1H3;3-4,7-8H,2,5-6H2,1H3,(H,14,15). The average Bonchev–Trinajstić information content (AvgIpc) is 2.84. The Labute approximate surface area is 202 Å². The van der Waals surface area contributed by atoms with Crippen molar-refractivity contribution < 1.29 is 43.2 Å². The highest BCUT2D eigenvalue weighted by Crippen LogP contribution is 2.21. The van der Waals surface area contributed by atoms with Gasteiger partial charge in [0, 0.05) is 45.8 Å². The van der Waals surface area contributed by atoms with Crippen molar-refractivity contribution in [3.05, 3.63) is 58.7 Å². The average molecular weight is 495 g/mol. The molecule has 0 unspecified atom stereocenters. The first-order valence-electron chi connectivity index (χ1n) is 10.2. The van der Waals surface area contributed by atoms with Gasteiger partial charge in [-0.2, -0.15) is 0 Å². The number of carbonyl (C=O) groups excluding carboxylic acids is 3. The van der Waals surface area contributed by atoms with E-state index < -0.39 is 11.2 Å². The molecule has 0 saturated heterocycles. The molecule has 2 rings (SSSR count). The monoisotopic (exact) mass is 494 g/mol. The molecule has 1 N–H and O–H groups in total. The summed E-state index contributed by atoms with van der Waals surface area (Å²) in [7, 11) is 3.19. The molecule has 0 saturated carbocycles. The van der Waals surface area contributed by atoms with Gasteiger partial charge in [-0.25, -0.2) is 4.79 Å².